The second-order valence-corrected chi connectivity index (χ2v) is 5.34. The molecule has 1 heterocycles. The molecule has 76 valence electrons. The Morgan fingerprint density at radius 2 is 2.43 bits per heavy atom. The Balaban J connectivity index is 2.27. The molecule has 2 aliphatic rings. The maximum Gasteiger partial charge on any atom is 0.278 e. The molecule has 1 aliphatic heterocycles. The Morgan fingerprint density at radius 3 is 3.14 bits per heavy atom. The number of hydrogen-bond donors (Lipinski definition) is 1. The van der Waals surface area contributed by atoms with Crippen LogP contribution in [0.15, 0.2) is 11.0 Å². The number of carbonyl (C=O) groups is 2. The molecule has 0 bridgehead atoms. The highest BCUT2D eigenvalue weighted by Crippen LogP contribution is 2.25. The zero-order valence-corrected chi connectivity index (χ0v) is 8.43. The fourth-order valence-corrected chi connectivity index (χ4v) is 3.57. The summed E-state index contributed by atoms with van der Waals surface area (Å²) >= 11 is 0. The van der Waals surface area contributed by atoms with Crippen LogP contribution in [0.1, 0.15) is 12.8 Å². The van der Waals surface area contributed by atoms with Crippen LogP contribution in [0.2, 0.25) is 0 Å². The molecule has 2 unspecified atom stereocenters. The number of hydrogen-bond acceptors (Lipinski definition) is 4. The number of nitrogens with one attached hydrogen (secondary N) is 1. The van der Waals surface area contributed by atoms with Gasteiger partial charge in [0, 0.05) is 13.0 Å². The molecule has 2 atom stereocenters. The van der Waals surface area contributed by atoms with Crippen molar-refractivity contribution in [2.75, 3.05) is 12.3 Å². The average Bonchev–Trinajstić information content (AvgIpc) is 2.17. The number of allylic oxidation sites excluding steroid dienone is 1. The first-order valence-electron chi connectivity index (χ1n) is 4.58. The van der Waals surface area contributed by atoms with Crippen LogP contribution in [0, 0.1) is 0 Å². The number of carboxylic acid groups (broad SMARTS) is 1. The van der Waals surface area contributed by atoms with E-state index in [9.17, 15) is 14.7 Å². The Bertz CT molecular complexity index is 313. The second kappa shape index (κ2) is 3.74. The van der Waals surface area contributed by atoms with E-state index in [0.29, 0.717) is 25.1 Å². The summed E-state index contributed by atoms with van der Waals surface area (Å²) in [5.74, 6) is 0.666. The Labute approximate surface area is 84.7 Å². The van der Waals surface area contributed by atoms with E-state index in [1.54, 1.807) is 0 Å². The van der Waals surface area contributed by atoms with Crippen molar-refractivity contribution in [1.29, 1.82) is 0 Å². The summed E-state index contributed by atoms with van der Waals surface area (Å²) in [6.45, 7) is 0.588. The summed E-state index contributed by atoms with van der Waals surface area (Å²) in [7, 11) is -0.850. The van der Waals surface area contributed by atoms with Gasteiger partial charge in [-0.2, -0.15) is 0 Å². The van der Waals surface area contributed by atoms with Gasteiger partial charge in [-0.1, -0.05) is 0 Å². The molecule has 0 aromatic carbocycles. The largest absolute Gasteiger partial charge is 0.504 e. The minimum absolute atomic E-state index is 0.112. The third-order valence-corrected chi connectivity index (χ3v) is 4.47. The van der Waals surface area contributed by atoms with Gasteiger partial charge in [-0.25, -0.2) is 0 Å². The lowest BCUT2D eigenvalue weighted by Crippen LogP contribution is -2.52. The van der Waals surface area contributed by atoms with Crippen molar-refractivity contribution < 1.29 is 14.7 Å². The van der Waals surface area contributed by atoms with E-state index in [-0.39, 0.29) is 11.8 Å². The smallest absolute Gasteiger partial charge is 0.278 e. The van der Waals surface area contributed by atoms with E-state index in [1.807, 2.05) is 6.08 Å². The van der Waals surface area contributed by atoms with Crippen molar-refractivity contribution in [3.8, 4) is 0 Å². The van der Waals surface area contributed by atoms with Crippen LogP contribution in [0.3, 0.4) is 0 Å². The summed E-state index contributed by atoms with van der Waals surface area (Å²) in [5, 5.41) is 12.9. The third kappa shape index (κ3) is 1.57. The monoisotopic (exact) mass is 213 g/mol. The van der Waals surface area contributed by atoms with Gasteiger partial charge in [0.1, 0.15) is 11.8 Å². The number of rotatable bonds is 0. The molecule has 14 heavy (non-hydrogen) atoms. The molecule has 1 N–H and O–H groups in total. The first kappa shape index (κ1) is 9.73. The lowest BCUT2D eigenvalue weighted by atomic mass is 10.0. The molecule has 1 aliphatic carbocycles. The molecule has 0 aromatic heterocycles. The minimum Gasteiger partial charge on any atom is -0.504 e. The normalized spacial score (nSPS) is 32.0. The van der Waals surface area contributed by atoms with Crippen molar-refractivity contribution >= 4 is 22.0 Å². The summed E-state index contributed by atoms with van der Waals surface area (Å²) in [4.78, 5) is 23.1. The van der Waals surface area contributed by atoms with Crippen molar-refractivity contribution in [3.05, 3.63) is 11.0 Å². The molecule has 1 fully saturated rings. The van der Waals surface area contributed by atoms with E-state index >= 15 is 0 Å². The molecule has 0 aromatic rings. The molecular formula is C9H11NO3S. The fraction of sp³-hybridized carbons (Fsp3) is 0.556. The quantitative estimate of drug-likeness (QED) is 0.533. The summed E-state index contributed by atoms with van der Waals surface area (Å²) in [5.41, 5.74) is 0. The summed E-state index contributed by atoms with van der Waals surface area (Å²) in [6.07, 6.45) is 3.08. The number of fused-ring (bicyclic) bond motifs is 1. The first-order valence-corrected chi connectivity index (χ1v) is 5.97. The van der Waals surface area contributed by atoms with Gasteiger partial charge in [0.25, 0.3) is 5.30 Å². The highest BCUT2D eigenvalue weighted by Gasteiger charge is 2.42. The second-order valence-electron chi connectivity index (χ2n) is 3.34. The average molecular weight is 213 g/mol. The van der Waals surface area contributed by atoms with Gasteiger partial charge >= 0.3 is 0 Å². The van der Waals surface area contributed by atoms with Gasteiger partial charge in [-0.15, -0.1) is 0 Å². The summed E-state index contributed by atoms with van der Waals surface area (Å²) in [6, 6.07) is -0.348. The Hall–Kier alpha value is -0.810. The van der Waals surface area contributed by atoms with Gasteiger partial charge < -0.3 is 9.90 Å². The van der Waals surface area contributed by atoms with Crippen LogP contribution in [0.25, 0.3) is 0 Å². The molecule has 4 nitrogen and oxygen atoms in total. The zero-order valence-electron chi connectivity index (χ0n) is 7.62. The van der Waals surface area contributed by atoms with Crippen LogP contribution in [0.5, 0.6) is 0 Å². The highest BCUT2D eigenvalue weighted by molar-refractivity contribution is 8.13. The molecule has 1 saturated heterocycles. The molecule has 0 spiro atoms. The highest BCUT2D eigenvalue weighted by atomic mass is 32.2. The van der Waals surface area contributed by atoms with Gasteiger partial charge in [-0.3, -0.25) is 10.1 Å². The van der Waals surface area contributed by atoms with Crippen LogP contribution in [-0.2, 0) is 15.7 Å². The van der Waals surface area contributed by atoms with E-state index in [0.717, 1.165) is 4.91 Å². The molecule has 5 heteroatoms. The lowest BCUT2D eigenvalue weighted by Gasteiger charge is -2.27. The lowest BCUT2D eigenvalue weighted by molar-refractivity contribution is -0.233. The zero-order chi connectivity index (χ0) is 10.1. The van der Waals surface area contributed by atoms with Crippen molar-refractivity contribution in [3.63, 3.8) is 0 Å². The maximum atomic E-state index is 11.5. The minimum atomic E-state index is -1.03. The molecule has 0 amide bonds. The predicted octanol–water partition coefficient (Wildman–Crippen LogP) is -0.833. The van der Waals surface area contributed by atoms with Crippen molar-refractivity contribution in [2.24, 2.45) is 0 Å². The van der Waals surface area contributed by atoms with Crippen LogP contribution in [0.4, 0.5) is 4.79 Å². The van der Waals surface area contributed by atoms with Crippen LogP contribution in [-0.4, -0.2) is 29.4 Å². The van der Waals surface area contributed by atoms with Crippen LogP contribution >= 0.6 is 0 Å². The van der Waals surface area contributed by atoms with Crippen LogP contribution < -0.4 is 10.4 Å². The SMILES string of the molecule is O=C1CCC=C2C1NCC[S+]2C(=O)[O-]. The van der Waals surface area contributed by atoms with Gasteiger partial charge in [0.05, 0.1) is 10.9 Å². The molecular weight excluding hydrogens is 202 g/mol. The van der Waals surface area contributed by atoms with Gasteiger partial charge in [0.15, 0.2) is 10.7 Å². The number of ketones is 1. The van der Waals surface area contributed by atoms with E-state index in [4.69, 9.17) is 0 Å². The van der Waals surface area contributed by atoms with Gasteiger partial charge in [0.2, 0.25) is 0 Å². The standard InChI is InChI=1S/C9H11NO3S/c11-6-2-1-3-7-8(6)10-4-5-14(7)9(12)13/h3,8,10H,1-2,4-5H2. The molecule has 2 rings (SSSR count). The fourth-order valence-electron chi connectivity index (χ4n) is 1.84. The Morgan fingerprint density at radius 1 is 1.64 bits per heavy atom. The van der Waals surface area contributed by atoms with E-state index < -0.39 is 16.2 Å². The molecule has 0 radical (unpaired) electrons. The predicted molar refractivity (Wildman–Crippen MR) is 51.7 cm³/mol. The van der Waals surface area contributed by atoms with Crippen molar-refractivity contribution in [2.45, 2.75) is 18.9 Å². The summed E-state index contributed by atoms with van der Waals surface area (Å²) < 4.78 is 0. The first-order chi connectivity index (χ1) is 6.70. The van der Waals surface area contributed by atoms with E-state index in [1.165, 1.54) is 0 Å². The van der Waals surface area contributed by atoms with E-state index in [2.05, 4.69) is 5.32 Å². The topological polar surface area (TPSA) is 69.2 Å². The van der Waals surface area contributed by atoms with Gasteiger partial charge in [-0.05, 0) is 12.5 Å². The Kier molecular flexibility index (Phi) is 2.60. The number of carbonyl (C=O) groups excluding carboxylic acids is 2. The number of Topliss-reactive ketones (excluding diaryl/α,β-unsaturated/α-hetero) is 1. The van der Waals surface area contributed by atoms with Crippen molar-refractivity contribution in [1.82, 2.24) is 5.32 Å². The maximum absolute atomic E-state index is 11.5. The third-order valence-electron chi connectivity index (χ3n) is 2.48. The molecule has 0 saturated carbocycles.